The molecule has 1 aromatic rings. The van der Waals surface area contributed by atoms with Gasteiger partial charge in [-0.1, -0.05) is 0 Å². The molecule has 0 aromatic carbocycles. The Bertz CT molecular complexity index is 572. The predicted molar refractivity (Wildman–Crippen MR) is 87.1 cm³/mol. The van der Waals surface area contributed by atoms with E-state index in [1.807, 2.05) is 18.7 Å². The fourth-order valence-electron chi connectivity index (χ4n) is 3.40. The Kier molecular flexibility index (Phi) is 5.80. The van der Waals surface area contributed by atoms with E-state index < -0.39 is 5.97 Å². The van der Waals surface area contributed by atoms with Gasteiger partial charge in [-0.2, -0.15) is 5.10 Å². The van der Waals surface area contributed by atoms with E-state index in [4.69, 9.17) is 5.11 Å². The van der Waals surface area contributed by atoms with Gasteiger partial charge in [0.1, 0.15) is 0 Å². The smallest absolute Gasteiger partial charge is 0.306 e. The van der Waals surface area contributed by atoms with Gasteiger partial charge in [-0.3, -0.25) is 14.3 Å². The van der Waals surface area contributed by atoms with Crippen molar-refractivity contribution in [1.29, 1.82) is 0 Å². The highest BCUT2D eigenvalue weighted by Crippen LogP contribution is 2.29. The van der Waals surface area contributed by atoms with Crippen LogP contribution in [0.2, 0.25) is 0 Å². The zero-order valence-corrected chi connectivity index (χ0v) is 14.3. The first kappa shape index (κ1) is 17.5. The van der Waals surface area contributed by atoms with E-state index in [1.165, 1.54) is 11.3 Å². The molecule has 128 valence electrons. The highest BCUT2D eigenvalue weighted by atomic mass is 16.4. The lowest BCUT2D eigenvalue weighted by molar-refractivity contribution is -0.144. The molecule has 23 heavy (non-hydrogen) atoms. The molecule has 6 nitrogen and oxygen atoms in total. The summed E-state index contributed by atoms with van der Waals surface area (Å²) in [4.78, 5) is 23.1. The molecule has 1 aliphatic carbocycles. The fourth-order valence-corrected chi connectivity index (χ4v) is 3.40. The van der Waals surface area contributed by atoms with Crippen molar-refractivity contribution in [2.45, 2.75) is 52.4 Å². The molecule has 0 bridgehead atoms. The van der Waals surface area contributed by atoms with E-state index in [-0.39, 0.29) is 17.7 Å². The number of carboxylic acid groups (broad SMARTS) is 1. The molecule has 1 heterocycles. The third-order valence-corrected chi connectivity index (χ3v) is 5.01. The van der Waals surface area contributed by atoms with E-state index in [0.29, 0.717) is 32.2 Å². The molecule has 1 saturated carbocycles. The van der Waals surface area contributed by atoms with Crippen LogP contribution in [0.1, 0.15) is 49.1 Å². The second-order valence-electron chi connectivity index (χ2n) is 6.55. The van der Waals surface area contributed by atoms with E-state index in [1.54, 1.807) is 0 Å². The van der Waals surface area contributed by atoms with Crippen LogP contribution < -0.4 is 5.32 Å². The highest BCUT2D eigenvalue weighted by Gasteiger charge is 2.29. The molecule has 0 unspecified atom stereocenters. The van der Waals surface area contributed by atoms with Crippen molar-refractivity contribution in [3.63, 3.8) is 0 Å². The molecular weight excluding hydrogens is 294 g/mol. The van der Waals surface area contributed by atoms with Gasteiger partial charge in [-0.25, -0.2) is 0 Å². The van der Waals surface area contributed by atoms with Gasteiger partial charge in [0.05, 0.1) is 11.6 Å². The van der Waals surface area contributed by atoms with Gasteiger partial charge >= 0.3 is 5.97 Å². The number of aliphatic carboxylic acids is 1. The van der Waals surface area contributed by atoms with Crippen LogP contribution in [0.3, 0.4) is 0 Å². The predicted octanol–water partition coefficient (Wildman–Crippen LogP) is 1.98. The van der Waals surface area contributed by atoms with Crippen molar-refractivity contribution in [2.24, 2.45) is 18.9 Å². The molecule has 2 N–H and O–H groups in total. The quantitative estimate of drug-likeness (QED) is 0.785. The molecule has 6 heteroatoms. The maximum absolute atomic E-state index is 12.1. The summed E-state index contributed by atoms with van der Waals surface area (Å²) in [5, 5.41) is 16.4. The number of carbonyl (C=O) groups excluding carboxylic acids is 1. The third-order valence-electron chi connectivity index (χ3n) is 5.01. The summed E-state index contributed by atoms with van der Waals surface area (Å²) >= 11 is 0. The van der Waals surface area contributed by atoms with Gasteiger partial charge in [0.25, 0.3) is 0 Å². The van der Waals surface area contributed by atoms with Gasteiger partial charge in [-0.15, -0.1) is 0 Å². The number of aryl methyl sites for hydroxylation is 2. The number of carbonyl (C=O) groups is 2. The van der Waals surface area contributed by atoms with Crippen LogP contribution in [0.4, 0.5) is 0 Å². The van der Waals surface area contributed by atoms with Crippen LogP contribution >= 0.6 is 0 Å². The summed E-state index contributed by atoms with van der Waals surface area (Å²) in [6, 6.07) is 0. The molecule has 1 aromatic heterocycles. The third kappa shape index (κ3) is 4.33. The minimum atomic E-state index is -0.730. The van der Waals surface area contributed by atoms with Gasteiger partial charge in [-0.05, 0) is 57.9 Å². The van der Waals surface area contributed by atoms with Gasteiger partial charge in [0, 0.05) is 25.2 Å². The monoisotopic (exact) mass is 321 g/mol. The minimum absolute atomic E-state index is 0.0209. The first-order chi connectivity index (χ1) is 10.9. The molecule has 1 amide bonds. The Morgan fingerprint density at radius 3 is 2.35 bits per heavy atom. The van der Waals surface area contributed by atoms with Crippen molar-refractivity contribution in [3.8, 4) is 0 Å². The molecule has 0 saturated heterocycles. The van der Waals surface area contributed by atoms with Gasteiger partial charge in [0.15, 0.2) is 0 Å². The standard InChI is InChI=1S/C17H27N3O3/c1-11-15(12(2)20(3)19-11)5-4-10-18-16(21)13-6-8-14(9-7-13)17(22)23/h13-14H,4-10H2,1-3H3,(H,18,21)(H,22,23). The summed E-state index contributed by atoms with van der Waals surface area (Å²) in [6.07, 6.45) is 4.40. The van der Waals surface area contributed by atoms with E-state index in [0.717, 1.165) is 18.5 Å². The van der Waals surface area contributed by atoms with Crippen LogP contribution in [-0.4, -0.2) is 33.3 Å². The van der Waals surface area contributed by atoms with Crippen LogP contribution in [-0.2, 0) is 23.1 Å². The van der Waals surface area contributed by atoms with Gasteiger partial charge < -0.3 is 10.4 Å². The van der Waals surface area contributed by atoms with E-state index >= 15 is 0 Å². The number of amides is 1. The summed E-state index contributed by atoms with van der Waals surface area (Å²) < 4.78 is 1.89. The summed E-state index contributed by atoms with van der Waals surface area (Å²) in [5.74, 6) is -0.942. The number of hydrogen-bond acceptors (Lipinski definition) is 3. The Labute approximate surface area is 137 Å². The molecule has 0 radical (unpaired) electrons. The molecule has 0 atom stereocenters. The van der Waals surface area contributed by atoms with Gasteiger partial charge in [0.2, 0.25) is 5.91 Å². The zero-order valence-electron chi connectivity index (χ0n) is 14.3. The van der Waals surface area contributed by atoms with Crippen molar-refractivity contribution in [3.05, 3.63) is 17.0 Å². The Hall–Kier alpha value is -1.85. The Balaban J connectivity index is 1.70. The first-order valence-corrected chi connectivity index (χ1v) is 8.39. The lowest BCUT2D eigenvalue weighted by atomic mass is 9.81. The van der Waals surface area contributed by atoms with Crippen LogP contribution in [0.25, 0.3) is 0 Å². The fraction of sp³-hybridized carbons (Fsp3) is 0.706. The number of hydrogen-bond donors (Lipinski definition) is 2. The SMILES string of the molecule is Cc1nn(C)c(C)c1CCCNC(=O)C1CCC(C(=O)O)CC1. The second-order valence-corrected chi connectivity index (χ2v) is 6.55. The van der Waals surface area contributed by atoms with Crippen LogP contribution in [0.15, 0.2) is 0 Å². The molecule has 2 rings (SSSR count). The Morgan fingerprint density at radius 1 is 1.22 bits per heavy atom. The summed E-state index contributed by atoms with van der Waals surface area (Å²) in [7, 11) is 1.95. The Morgan fingerprint density at radius 2 is 1.83 bits per heavy atom. The minimum Gasteiger partial charge on any atom is -0.481 e. The van der Waals surface area contributed by atoms with Crippen molar-refractivity contribution in [1.82, 2.24) is 15.1 Å². The topological polar surface area (TPSA) is 84.2 Å². The maximum atomic E-state index is 12.1. The number of rotatable bonds is 6. The maximum Gasteiger partial charge on any atom is 0.306 e. The molecule has 0 spiro atoms. The molecule has 1 fully saturated rings. The van der Waals surface area contributed by atoms with E-state index in [2.05, 4.69) is 17.3 Å². The summed E-state index contributed by atoms with van der Waals surface area (Å²) in [5.41, 5.74) is 3.51. The zero-order chi connectivity index (χ0) is 17.0. The number of aromatic nitrogens is 2. The van der Waals surface area contributed by atoms with E-state index in [9.17, 15) is 9.59 Å². The number of carboxylic acids is 1. The first-order valence-electron chi connectivity index (χ1n) is 8.39. The average molecular weight is 321 g/mol. The van der Waals surface area contributed by atoms with Crippen molar-refractivity contribution < 1.29 is 14.7 Å². The molecule has 1 aliphatic rings. The highest BCUT2D eigenvalue weighted by molar-refractivity contribution is 5.79. The van der Waals surface area contributed by atoms with Crippen LogP contribution in [0, 0.1) is 25.7 Å². The van der Waals surface area contributed by atoms with Crippen molar-refractivity contribution in [2.75, 3.05) is 6.54 Å². The second kappa shape index (κ2) is 7.62. The molecule has 0 aliphatic heterocycles. The summed E-state index contributed by atoms with van der Waals surface area (Å²) in [6.45, 7) is 4.74. The van der Waals surface area contributed by atoms with Crippen LogP contribution in [0.5, 0.6) is 0 Å². The average Bonchev–Trinajstić information content (AvgIpc) is 2.77. The number of nitrogens with zero attached hydrogens (tertiary/aromatic N) is 2. The normalized spacial score (nSPS) is 21.2. The van der Waals surface area contributed by atoms with Crippen molar-refractivity contribution >= 4 is 11.9 Å². The lowest BCUT2D eigenvalue weighted by Gasteiger charge is -2.25. The molecular formula is C17H27N3O3. The number of nitrogens with one attached hydrogen (secondary N) is 1. The largest absolute Gasteiger partial charge is 0.481 e. The lowest BCUT2D eigenvalue weighted by Crippen LogP contribution is -2.35.